The molecule has 1 atom stereocenters. The fourth-order valence-electron chi connectivity index (χ4n) is 4.95. The van der Waals surface area contributed by atoms with Crippen molar-refractivity contribution in [3.05, 3.63) is 52.4 Å². The first kappa shape index (κ1) is 23.9. The lowest BCUT2D eigenvalue weighted by atomic mass is 9.91. The predicted molar refractivity (Wildman–Crippen MR) is 126 cm³/mol. The minimum absolute atomic E-state index is 0.0267. The smallest absolute Gasteiger partial charge is 0.264 e. The lowest BCUT2D eigenvalue weighted by Gasteiger charge is -2.43. The molecule has 2 heterocycles. The van der Waals surface area contributed by atoms with Crippen LogP contribution < -0.4 is 11.1 Å². The van der Waals surface area contributed by atoms with Gasteiger partial charge in [0.2, 0.25) is 0 Å². The zero-order chi connectivity index (χ0) is 24.4. The fourth-order valence-corrected chi connectivity index (χ4v) is 4.95. The van der Waals surface area contributed by atoms with Crippen LogP contribution >= 0.6 is 0 Å². The molecular weight excluding hydrogens is 434 g/mol. The standard InChI is InChI=1S/C25H33N5O4/c1-15-6-4-7-18(14-15)24(32)29-12-5-13-30(25(33)21-16(2)28-34-17(21)3)23(29)22(31)27-20-10-8-19(26)9-11-20/h4,6-7,14,19-20,23H,5,8-13,26H2,1-3H3,(H,27,31). The minimum Gasteiger partial charge on any atom is -0.361 e. The van der Waals surface area contributed by atoms with Crippen molar-refractivity contribution >= 4 is 17.7 Å². The Bertz CT molecular complexity index is 1050. The van der Waals surface area contributed by atoms with E-state index in [1.165, 1.54) is 9.80 Å². The van der Waals surface area contributed by atoms with Gasteiger partial charge in [0.15, 0.2) is 6.17 Å². The summed E-state index contributed by atoms with van der Waals surface area (Å²) in [6, 6.07) is 7.40. The Balaban J connectivity index is 1.66. The number of carbonyl (C=O) groups excluding carboxylic acids is 3. The molecule has 4 rings (SSSR count). The monoisotopic (exact) mass is 467 g/mol. The van der Waals surface area contributed by atoms with Crippen LogP contribution in [-0.4, -0.2) is 64.0 Å². The Morgan fingerprint density at radius 3 is 2.32 bits per heavy atom. The van der Waals surface area contributed by atoms with E-state index < -0.39 is 6.17 Å². The van der Waals surface area contributed by atoms with E-state index in [0.717, 1.165) is 31.2 Å². The van der Waals surface area contributed by atoms with Gasteiger partial charge in [-0.05, 0) is 65.0 Å². The average molecular weight is 468 g/mol. The molecule has 0 bridgehead atoms. The number of benzene rings is 1. The molecule has 1 aromatic carbocycles. The van der Waals surface area contributed by atoms with Gasteiger partial charge in [0.1, 0.15) is 11.3 Å². The minimum atomic E-state index is -1.06. The molecule has 34 heavy (non-hydrogen) atoms. The van der Waals surface area contributed by atoms with Crippen LogP contribution in [0.4, 0.5) is 0 Å². The SMILES string of the molecule is Cc1cccc(C(=O)N2CCCN(C(=O)c3c(C)noc3C)C2C(=O)NC2CCC(N)CC2)c1. The molecule has 1 saturated heterocycles. The molecule has 1 aromatic heterocycles. The molecule has 182 valence electrons. The summed E-state index contributed by atoms with van der Waals surface area (Å²) in [5.74, 6) is -0.582. The van der Waals surface area contributed by atoms with Crippen molar-refractivity contribution in [3.63, 3.8) is 0 Å². The molecule has 1 aliphatic heterocycles. The molecule has 1 saturated carbocycles. The van der Waals surface area contributed by atoms with Crippen molar-refractivity contribution in [2.45, 2.75) is 71.1 Å². The van der Waals surface area contributed by atoms with E-state index >= 15 is 0 Å². The summed E-state index contributed by atoms with van der Waals surface area (Å²) in [6.07, 6.45) is 2.74. The van der Waals surface area contributed by atoms with Crippen LogP contribution in [0.15, 0.2) is 28.8 Å². The van der Waals surface area contributed by atoms with Crippen molar-refractivity contribution in [1.82, 2.24) is 20.3 Å². The number of nitrogens with zero attached hydrogens (tertiary/aromatic N) is 3. The van der Waals surface area contributed by atoms with Crippen molar-refractivity contribution < 1.29 is 18.9 Å². The number of nitrogens with one attached hydrogen (secondary N) is 1. The Morgan fingerprint density at radius 2 is 1.71 bits per heavy atom. The van der Waals surface area contributed by atoms with E-state index in [9.17, 15) is 14.4 Å². The number of carbonyl (C=O) groups is 3. The van der Waals surface area contributed by atoms with Crippen molar-refractivity contribution in [3.8, 4) is 0 Å². The number of aryl methyl sites for hydroxylation is 3. The van der Waals surface area contributed by atoms with Gasteiger partial charge >= 0.3 is 0 Å². The Morgan fingerprint density at radius 1 is 1.03 bits per heavy atom. The van der Waals surface area contributed by atoms with E-state index in [1.54, 1.807) is 26.0 Å². The quantitative estimate of drug-likeness (QED) is 0.712. The van der Waals surface area contributed by atoms with E-state index in [4.69, 9.17) is 10.3 Å². The maximum absolute atomic E-state index is 13.6. The second kappa shape index (κ2) is 9.97. The van der Waals surface area contributed by atoms with Gasteiger partial charge < -0.3 is 25.4 Å². The summed E-state index contributed by atoms with van der Waals surface area (Å²) in [5, 5.41) is 6.99. The lowest BCUT2D eigenvalue weighted by Crippen LogP contribution is -2.64. The summed E-state index contributed by atoms with van der Waals surface area (Å²) < 4.78 is 5.20. The van der Waals surface area contributed by atoms with Crippen LogP contribution in [0.3, 0.4) is 0 Å². The van der Waals surface area contributed by atoms with Crippen molar-refractivity contribution in [1.29, 1.82) is 0 Å². The van der Waals surface area contributed by atoms with Crippen LogP contribution in [0.1, 0.15) is 69.8 Å². The molecule has 3 N–H and O–H groups in total. The third kappa shape index (κ3) is 4.84. The second-order valence-corrected chi connectivity index (χ2v) is 9.41. The van der Waals surface area contributed by atoms with Crippen LogP contribution in [0.5, 0.6) is 0 Å². The topological polar surface area (TPSA) is 122 Å². The molecule has 9 nitrogen and oxygen atoms in total. The van der Waals surface area contributed by atoms with Crippen molar-refractivity contribution in [2.75, 3.05) is 13.1 Å². The number of amides is 3. The van der Waals surface area contributed by atoms with E-state index in [0.29, 0.717) is 42.1 Å². The highest BCUT2D eigenvalue weighted by molar-refractivity contribution is 6.02. The maximum Gasteiger partial charge on any atom is 0.264 e. The highest BCUT2D eigenvalue weighted by Gasteiger charge is 2.42. The summed E-state index contributed by atoms with van der Waals surface area (Å²) in [4.78, 5) is 43.8. The first-order chi connectivity index (χ1) is 16.3. The summed E-state index contributed by atoms with van der Waals surface area (Å²) in [7, 11) is 0. The van der Waals surface area contributed by atoms with Gasteiger partial charge in [0.25, 0.3) is 17.7 Å². The van der Waals surface area contributed by atoms with Gasteiger partial charge in [-0.3, -0.25) is 14.4 Å². The van der Waals surface area contributed by atoms with Gasteiger partial charge in [-0.1, -0.05) is 22.9 Å². The van der Waals surface area contributed by atoms with Gasteiger partial charge in [-0.15, -0.1) is 0 Å². The molecule has 2 aromatic rings. The first-order valence-electron chi connectivity index (χ1n) is 11.9. The zero-order valence-electron chi connectivity index (χ0n) is 20.0. The molecule has 0 spiro atoms. The van der Waals surface area contributed by atoms with Crippen molar-refractivity contribution in [2.24, 2.45) is 5.73 Å². The first-order valence-corrected chi connectivity index (χ1v) is 11.9. The number of aromatic nitrogens is 1. The van der Waals surface area contributed by atoms with Crippen LogP contribution in [-0.2, 0) is 4.79 Å². The number of nitrogens with two attached hydrogens (primary N) is 1. The van der Waals surface area contributed by atoms with E-state index in [1.807, 2.05) is 19.1 Å². The number of hydrogen-bond donors (Lipinski definition) is 2. The third-order valence-electron chi connectivity index (χ3n) is 6.78. The fraction of sp³-hybridized carbons (Fsp3) is 0.520. The maximum atomic E-state index is 13.6. The summed E-state index contributed by atoms with van der Waals surface area (Å²) in [5.41, 5.74) is 8.27. The van der Waals surface area contributed by atoms with Gasteiger partial charge in [-0.2, -0.15) is 0 Å². The largest absolute Gasteiger partial charge is 0.361 e. The Kier molecular flexibility index (Phi) is 7.02. The zero-order valence-corrected chi connectivity index (χ0v) is 20.0. The van der Waals surface area contributed by atoms with Crippen LogP contribution in [0.25, 0.3) is 0 Å². The summed E-state index contributed by atoms with van der Waals surface area (Å²) >= 11 is 0. The van der Waals surface area contributed by atoms with Crippen LogP contribution in [0.2, 0.25) is 0 Å². The molecule has 1 unspecified atom stereocenters. The normalized spacial score (nSPS) is 23.0. The molecule has 3 amide bonds. The highest BCUT2D eigenvalue weighted by Crippen LogP contribution is 2.25. The molecular formula is C25H33N5O4. The molecule has 0 radical (unpaired) electrons. The van der Waals surface area contributed by atoms with Gasteiger partial charge in [0, 0.05) is 30.7 Å². The average Bonchev–Trinajstić information content (AvgIpc) is 3.16. The van der Waals surface area contributed by atoms with E-state index in [2.05, 4.69) is 10.5 Å². The van der Waals surface area contributed by atoms with Crippen LogP contribution in [0, 0.1) is 20.8 Å². The third-order valence-corrected chi connectivity index (χ3v) is 6.78. The molecule has 9 heteroatoms. The van der Waals surface area contributed by atoms with Gasteiger partial charge in [-0.25, -0.2) is 0 Å². The molecule has 2 aliphatic rings. The Labute approximate surface area is 199 Å². The summed E-state index contributed by atoms with van der Waals surface area (Å²) in [6.45, 7) is 6.02. The number of hydrogen-bond acceptors (Lipinski definition) is 6. The Hall–Kier alpha value is -3.20. The van der Waals surface area contributed by atoms with E-state index in [-0.39, 0.29) is 29.8 Å². The second-order valence-electron chi connectivity index (χ2n) is 9.41. The number of rotatable bonds is 4. The van der Waals surface area contributed by atoms with Gasteiger partial charge in [0.05, 0.1) is 5.69 Å². The lowest BCUT2D eigenvalue weighted by molar-refractivity contribution is -0.133. The molecule has 1 aliphatic carbocycles. The predicted octanol–water partition coefficient (Wildman–Crippen LogP) is 2.30. The highest BCUT2D eigenvalue weighted by atomic mass is 16.5. The molecule has 2 fully saturated rings.